The third-order valence-corrected chi connectivity index (χ3v) is 2.67. The van der Waals surface area contributed by atoms with E-state index in [0.717, 1.165) is 11.1 Å². The largest absolute Gasteiger partial charge is 0.478 e. The van der Waals surface area contributed by atoms with Crippen molar-refractivity contribution in [1.82, 2.24) is 9.97 Å². The third kappa shape index (κ3) is 2.05. The number of carboxylic acids is 1. The van der Waals surface area contributed by atoms with E-state index in [9.17, 15) is 4.79 Å². The Labute approximate surface area is 105 Å². The Morgan fingerprint density at radius 1 is 1.39 bits per heavy atom. The molecule has 0 bridgehead atoms. The van der Waals surface area contributed by atoms with E-state index in [1.807, 2.05) is 38.1 Å². The zero-order chi connectivity index (χ0) is 13.1. The number of hydrogen-bond donors (Lipinski definition) is 2. The molecule has 92 valence electrons. The van der Waals surface area contributed by atoms with Crippen molar-refractivity contribution in [1.29, 1.82) is 0 Å². The Hall–Kier alpha value is -2.36. The average molecular weight is 242 g/mol. The molecule has 0 saturated carbocycles. The second kappa shape index (κ2) is 4.87. The van der Waals surface area contributed by atoms with Crippen molar-refractivity contribution in [2.24, 2.45) is 0 Å². The molecule has 2 aromatic rings. The summed E-state index contributed by atoms with van der Waals surface area (Å²) in [6, 6.07) is 5.08. The molecule has 4 heteroatoms. The number of hydrogen-bond acceptors (Lipinski definition) is 2. The number of aromatic nitrogens is 2. The number of imidazole rings is 1. The zero-order valence-corrected chi connectivity index (χ0v) is 10.3. The lowest BCUT2D eigenvalue weighted by Gasteiger charge is -1.94. The van der Waals surface area contributed by atoms with Crippen LogP contribution < -0.4 is 0 Å². The summed E-state index contributed by atoms with van der Waals surface area (Å²) in [5, 5.41) is 9.11. The molecule has 0 saturated heterocycles. The van der Waals surface area contributed by atoms with E-state index in [0.29, 0.717) is 11.3 Å². The van der Waals surface area contributed by atoms with Crippen molar-refractivity contribution in [2.45, 2.75) is 13.8 Å². The SMILES string of the molecule is CC=CC(=CC)c1nc2c(C(=O)O)cccc2[nH]1. The molecule has 0 aliphatic heterocycles. The van der Waals surface area contributed by atoms with Crippen LogP contribution in [-0.2, 0) is 0 Å². The molecular formula is C14H14N2O2. The third-order valence-electron chi connectivity index (χ3n) is 2.67. The van der Waals surface area contributed by atoms with Crippen LogP contribution in [0.2, 0.25) is 0 Å². The summed E-state index contributed by atoms with van der Waals surface area (Å²) in [5.74, 6) is -0.286. The second-order valence-corrected chi connectivity index (χ2v) is 3.84. The van der Waals surface area contributed by atoms with Gasteiger partial charge in [-0.15, -0.1) is 0 Å². The van der Waals surface area contributed by atoms with Crippen molar-refractivity contribution >= 4 is 22.6 Å². The highest BCUT2D eigenvalue weighted by molar-refractivity contribution is 6.01. The summed E-state index contributed by atoms with van der Waals surface area (Å²) in [6.07, 6.45) is 5.77. The van der Waals surface area contributed by atoms with E-state index in [-0.39, 0.29) is 5.56 Å². The maximum Gasteiger partial charge on any atom is 0.337 e. The minimum Gasteiger partial charge on any atom is -0.478 e. The maximum absolute atomic E-state index is 11.1. The predicted molar refractivity (Wildman–Crippen MR) is 71.5 cm³/mol. The molecule has 1 heterocycles. The highest BCUT2D eigenvalue weighted by Gasteiger charge is 2.12. The molecule has 0 radical (unpaired) electrons. The number of aromatic carboxylic acids is 1. The summed E-state index contributed by atoms with van der Waals surface area (Å²) >= 11 is 0. The van der Waals surface area contributed by atoms with Crippen LogP contribution in [0.25, 0.3) is 16.6 Å². The highest BCUT2D eigenvalue weighted by Crippen LogP contribution is 2.21. The molecule has 18 heavy (non-hydrogen) atoms. The van der Waals surface area contributed by atoms with Crippen LogP contribution in [-0.4, -0.2) is 21.0 Å². The van der Waals surface area contributed by atoms with Crippen LogP contribution in [0.5, 0.6) is 0 Å². The Morgan fingerprint density at radius 3 is 2.78 bits per heavy atom. The van der Waals surface area contributed by atoms with Gasteiger partial charge in [-0.2, -0.15) is 0 Å². The monoisotopic (exact) mass is 242 g/mol. The molecule has 1 aromatic heterocycles. The Morgan fingerprint density at radius 2 is 2.17 bits per heavy atom. The Bertz CT molecular complexity index is 651. The molecule has 0 spiro atoms. The zero-order valence-electron chi connectivity index (χ0n) is 10.3. The fourth-order valence-corrected chi connectivity index (χ4v) is 1.83. The van der Waals surface area contributed by atoms with E-state index in [1.54, 1.807) is 12.1 Å². The van der Waals surface area contributed by atoms with Crippen molar-refractivity contribution in [2.75, 3.05) is 0 Å². The summed E-state index contributed by atoms with van der Waals surface area (Å²) in [4.78, 5) is 18.6. The standard InChI is InChI=1S/C14H14N2O2/c1-3-6-9(4-2)13-15-11-8-5-7-10(14(17)18)12(11)16-13/h3-8H,1-2H3,(H,15,16)(H,17,18). The molecule has 2 N–H and O–H groups in total. The lowest BCUT2D eigenvalue weighted by Crippen LogP contribution is -1.96. The van der Waals surface area contributed by atoms with Crippen molar-refractivity contribution in [3.63, 3.8) is 0 Å². The van der Waals surface area contributed by atoms with Crippen LogP contribution in [0.1, 0.15) is 30.0 Å². The van der Waals surface area contributed by atoms with Crippen LogP contribution in [0.4, 0.5) is 0 Å². The Balaban J connectivity index is 2.64. The van der Waals surface area contributed by atoms with Crippen LogP contribution in [0.3, 0.4) is 0 Å². The molecule has 0 unspecified atom stereocenters. The number of rotatable bonds is 3. The molecule has 1 aromatic carbocycles. The van der Waals surface area contributed by atoms with Gasteiger partial charge in [-0.3, -0.25) is 0 Å². The lowest BCUT2D eigenvalue weighted by atomic mass is 10.2. The van der Waals surface area contributed by atoms with Crippen molar-refractivity contribution in [3.8, 4) is 0 Å². The summed E-state index contributed by atoms with van der Waals surface area (Å²) < 4.78 is 0. The number of benzene rings is 1. The fraction of sp³-hybridized carbons (Fsp3) is 0.143. The topological polar surface area (TPSA) is 66.0 Å². The number of H-pyrrole nitrogens is 1. The lowest BCUT2D eigenvalue weighted by molar-refractivity contribution is 0.0699. The molecule has 0 atom stereocenters. The first-order valence-corrected chi connectivity index (χ1v) is 5.68. The van der Waals surface area contributed by atoms with E-state index < -0.39 is 5.97 Å². The fourth-order valence-electron chi connectivity index (χ4n) is 1.83. The van der Waals surface area contributed by atoms with Gasteiger partial charge in [0.1, 0.15) is 11.3 Å². The number of allylic oxidation sites excluding steroid dienone is 4. The van der Waals surface area contributed by atoms with Crippen molar-refractivity contribution in [3.05, 3.63) is 47.8 Å². The summed E-state index contributed by atoms with van der Waals surface area (Å²) in [6.45, 7) is 3.84. The first-order valence-electron chi connectivity index (χ1n) is 5.68. The molecule has 0 aliphatic rings. The molecular weight excluding hydrogens is 228 g/mol. The van der Waals surface area contributed by atoms with Gasteiger partial charge in [0.2, 0.25) is 0 Å². The van der Waals surface area contributed by atoms with Gasteiger partial charge >= 0.3 is 5.97 Å². The number of nitrogens with one attached hydrogen (secondary N) is 1. The van der Waals surface area contributed by atoms with Crippen LogP contribution in [0.15, 0.2) is 36.4 Å². The van der Waals surface area contributed by atoms with Crippen molar-refractivity contribution < 1.29 is 9.90 Å². The first-order chi connectivity index (χ1) is 8.67. The molecule has 0 aliphatic carbocycles. The molecule has 0 amide bonds. The van der Waals surface area contributed by atoms with E-state index in [1.165, 1.54) is 0 Å². The maximum atomic E-state index is 11.1. The highest BCUT2D eigenvalue weighted by atomic mass is 16.4. The van der Waals surface area contributed by atoms with Gasteiger partial charge in [0.25, 0.3) is 0 Å². The minimum atomic E-state index is -0.966. The second-order valence-electron chi connectivity index (χ2n) is 3.84. The number of aromatic amines is 1. The number of carbonyl (C=O) groups is 1. The molecule has 4 nitrogen and oxygen atoms in total. The van der Waals surface area contributed by atoms with Crippen LogP contribution >= 0.6 is 0 Å². The van der Waals surface area contributed by atoms with Gasteiger partial charge in [0, 0.05) is 5.57 Å². The summed E-state index contributed by atoms with van der Waals surface area (Å²) in [7, 11) is 0. The Kier molecular flexibility index (Phi) is 3.28. The summed E-state index contributed by atoms with van der Waals surface area (Å²) in [5.41, 5.74) is 2.37. The van der Waals surface area contributed by atoms with Gasteiger partial charge in [-0.05, 0) is 26.0 Å². The minimum absolute atomic E-state index is 0.214. The average Bonchev–Trinajstić information content (AvgIpc) is 2.78. The number of carboxylic acid groups (broad SMARTS) is 1. The number of para-hydroxylation sites is 1. The predicted octanol–water partition coefficient (Wildman–Crippen LogP) is 3.24. The van der Waals surface area contributed by atoms with Gasteiger partial charge in [-0.1, -0.05) is 24.3 Å². The molecule has 2 rings (SSSR count). The first kappa shape index (κ1) is 12.1. The van der Waals surface area contributed by atoms with Gasteiger partial charge in [0.05, 0.1) is 11.1 Å². The molecule has 0 fully saturated rings. The van der Waals surface area contributed by atoms with Gasteiger partial charge < -0.3 is 10.1 Å². The number of nitrogens with zero attached hydrogens (tertiary/aromatic N) is 1. The van der Waals surface area contributed by atoms with Gasteiger partial charge in [-0.25, -0.2) is 9.78 Å². The van der Waals surface area contributed by atoms with E-state index >= 15 is 0 Å². The smallest absolute Gasteiger partial charge is 0.337 e. The van der Waals surface area contributed by atoms with Gasteiger partial charge in [0.15, 0.2) is 0 Å². The normalized spacial score (nSPS) is 12.4. The number of fused-ring (bicyclic) bond motifs is 1. The quantitative estimate of drug-likeness (QED) is 0.812. The van der Waals surface area contributed by atoms with Crippen LogP contribution in [0, 0.1) is 0 Å². The van der Waals surface area contributed by atoms with E-state index in [4.69, 9.17) is 5.11 Å². The van der Waals surface area contributed by atoms with E-state index in [2.05, 4.69) is 9.97 Å².